The fourth-order valence-electron chi connectivity index (χ4n) is 16.4. The predicted molar refractivity (Wildman–Crippen MR) is 352 cm³/mol. The highest BCUT2D eigenvalue weighted by Crippen LogP contribution is 2.61. The second kappa shape index (κ2) is 32.2. The zero-order valence-electron chi connectivity index (χ0n) is 53.9. The van der Waals surface area contributed by atoms with Gasteiger partial charge in [-0.1, -0.05) is 43.0 Å². The van der Waals surface area contributed by atoms with Crippen molar-refractivity contribution in [1.29, 1.82) is 0 Å². The van der Waals surface area contributed by atoms with Crippen molar-refractivity contribution < 1.29 is 51.5 Å². The third-order valence-electron chi connectivity index (χ3n) is 20.8. The molecular weight excluding hydrogens is 1190 g/mol. The number of esters is 1. The number of urea groups is 2. The van der Waals surface area contributed by atoms with Gasteiger partial charge in [0.15, 0.2) is 6.10 Å². The summed E-state index contributed by atoms with van der Waals surface area (Å²) in [5.74, 6) is 4.56. The van der Waals surface area contributed by atoms with Crippen molar-refractivity contribution >= 4 is 74.3 Å². The second-order valence-electron chi connectivity index (χ2n) is 27.6. The summed E-state index contributed by atoms with van der Waals surface area (Å²) < 4.78 is 41.0. The molecule has 8 aliphatic rings. The Bertz CT molecular complexity index is 3050. The molecule has 3 aromatic rings. The van der Waals surface area contributed by atoms with Gasteiger partial charge in [0.05, 0.1) is 34.5 Å². The Morgan fingerprint density at radius 1 is 0.692 bits per heavy atom. The number of benzene rings is 2. The topological polar surface area (TPSA) is 247 Å². The zero-order valence-corrected chi connectivity index (χ0v) is 55.6. The minimum absolute atomic E-state index is 0.0166. The van der Waals surface area contributed by atoms with Gasteiger partial charge in [0.2, 0.25) is 23.6 Å². The van der Waals surface area contributed by atoms with Gasteiger partial charge in [0.1, 0.15) is 12.4 Å². The van der Waals surface area contributed by atoms with Crippen molar-refractivity contribution in [2.24, 2.45) is 35.0 Å². The summed E-state index contributed by atoms with van der Waals surface area (Å²) in [7, 11) is -3.91. The van der Waals surface area contributed by atoms with Crippen LogP contribution in [0.15, 0.2) is 59.6 Å². The van der Waals surface area contributed by atoms with Crippen LogP contribution in [0.3, 0.4) is 0 Å². The maximum Gasteiger partial charge on any atom is 0.320 e. The fourth-order valence-corrected chi connectivity index (χ4v) is 19.3. The molecule has 4 aliphatic carbocycles. The maximum atomic E-state index is 14.7. The second-order valence-corrected chi connectivity index (χ2v) is 30.7. The SMILES string of the molecule is CC(=O)OC(COc1cccc2c1ccn2S(=O)(=O)c1ccc(C)cc1)CN(CCCCCNC(=O)CCCCCNC(=O)CCCCCNC(=O)CCCC[C@@H]1SC[C@@H]2NC(=O)N[C@@H]21)C(=O)N1CCC(C2CCN(C(=O)C34CC5CC(CC(C5)C3)C4)CC2)CC1. The van der Waals surface area contributed by atoms with Crippen LogP contribution in [0.25, 0.3) is 10.9 Å². The Morgan fingerprint density at radius 3 is 1.84 bits per heavy atom. The number of hydrogen-bond acceptors (Lipinski definition) is 12. The van der Waals surface area contributed by atoms with Gasteiger partial charge in [-0.3, -0.25) is 24.0 Å². The molecule has 4 bridgehead atoms. The lowest BCUT2D eigenvalue weighted by Crippen LogP contribution is -2.56. The molecule has 8 amide bonds. The number of aryl methyl sites for hydroxylation is 1. The average molecular weight is 1300 g/mol. The smallest absolute Gasteiger partial charge is 0.320 e. The molecule has 1 aromatic heterocycles. The Balaban J connectivity index is 0.628. The molecule has 1 unspecified atom stereocenters. The van der Waals surface area contributed by atoms with Crippen molar-refractivity contribution in [2.45, 2.75) is 203 Å². The van der Waals surface area contributed by atoms with E-state index in [0.29, 0.717) is 111 Å². The number of nitrogens with one attached hydrogen (secondary N) is 5. The molecule has 11 rings (SSSR count). The fraction of sp³-hybridized carbons (Fsp3) is 0.696. The molecule has 4 saturated carbocycles. The molecule has 91 heavy (non-hydrogen) atoms. The van der Waals surface area contributed by atoms with Gasteiger partial charge in [-0.2, -0.15) is 11.8 Å². The van der Waals surface area contributed by atoms with Gasteiger partial charge in [-0.05, 0) is 189 Å². The molecule has 5 heterocycles. The number of likely N-dealkylation sites (tertiary alicyclic amines) is 2. The van der Waals surface area contributed by atoms with E-state index in [1.54, 1.807) is 53.4 Å². The normalized spacial score (nSPS) is 24.1. The van der Waals surface area contributed by atoms with E-state index in [1.807, 2.05) is 23.6 Å². The molecular formula is C69H101N9O11S2. The maximum absolute atomic E-state index is 14.7. The first-order valence-electron chi connectivity index (χ1n) is 34.5. The van der Waals surface area contributed by atoms with E-state index in [2.05, 4.69) is 31.5 Å². The molecule has 500 valence electrons. The molecule has 2 aromatic carbocycles. The number of ether oxygens (including phenoxy) is 2. The first-order valence-corrected chi connectivity index (χ1v) is 37.0. The largest absolute Gasteiger partial charge is 0.489 e. The molecule has 22 heteroatoms. The van der Waals surface area contributed by atoms with Crippen LogP contribution in [0.5, 0.6) is 5.75 Å². The molecule has 5 N–H and O–H groups in total. The van der Waals surface area contributed by atoms with Crippen molar-refractivity contribution in [3.8, 4) is 5.75 Å². The summed E-state index contributed by atoms with van der Waals surface area (Å²) in [6.07, 6.45) is 22.7. The van der Waals surface area contributed by atoms with Crippen molar-refractivity contribution in [3.63, 3.8) is 0 Å². The number of unbranched alkanes of at least 4 members (excludes halogenated alkanes) is 7. The van der Waals surface area contributed by atoms with Gasteiger partial charge in [-0.25, -0.2) is 22.0 Å². The van der Waals surface area contributed by atoms with E-state index in [0.717, 1.165) is 151 Å². The monoisotopic (exact) mass is 1300 g/mol. The molecule has 4 saturated heterocycles. The Kier molecular flexibility index (Phi) is 24.0. The lowest BCUT2D eigenvalue weighted by atomic mass is 9.49. The van der Waals surface area contributed by atoms with Crippen LogP contribution in [0.4, 0.5) is 9.59 Å². The summed E-state index contributed by atoms with van der Waals surface area (Å²) in [6, 6.07) is 13.8. The van der Waals surface area contributed by atoms with Crippen LogP contribution in [0.1, 0.15) is 173 Å². The average Bonchev–Trinajstić information content (AvgIpc) is 1.46. The lowest BCUT2D eigenvalue weighted by molar-refractivity contribution is -0.159. The third kappa shape index (κ3) is 18.2. The molecule has 4 aliphatic heterocycles. The third-order valence-corrected chi connectivity index (χ3v) is 24.0. The highest BCUT2D eigenvalue weighted by molar-refractivity contribution is 8.00. The van der Waals surface area contributed by atoms with Gasteiger partial charge in [-0.15, -0.1) is 0 Å². The van der Waals surface area contributed by atoms with E-state index in [1.165, 1.54) is 36.4 Å². The highest BCUT2D eigenvalue weighted by atomic mass is 32.2. The van der Waals surface area contributed by atoms with E-state index in [-0.39, 0.29) is 65.3 Å². The number of carbonyl (C=O) groups excluding carboxylic acids is 7. The van der Waals surface area contributed by atoms with Crippen LogP contribution in [-0.4, -0.2) is 163 Å². The quantitative estimate of drug-likeness (QED) is 0.0217. The van der Waals surface area contributed by atoms with Crippen LogP contribution < -0.4 is 31.3 Å². The van der Waals surface area contributed by atoms with E-state index in [4.69, 9.17) is 9.47 Å². The van der Waals surface area contributed by atoms with Crippen LogP contribution in [0.2, 0.25) is 0 Å². The summed E-state index contributed by atoms with van der Waals surface area (Å²) in [5, 5.41) is 16.0. The summed E-state index contributed by atoms with van der Waals surface area (Å²) >= 11 is 1.89. The summed E-state index contributed by atoms with van der Waals surface area (Å²) in [4.78, 5) is 96.9. The summed E-state index contributed by atoms with van der Waals surface area (Å²) in [5.41, 5.74) is 1.27. The number of rotatable bonds is 33. The molecule has 8 fully saturated rings. The molecule has 20 nitrogen and oxygen atoms in total. The lowest BCUT2D eigenvalue weighted by Gasteiger charge is -2.57. The van der Waals surface area contributed by atoms with Crippen LogP contribution >= 0.6 is 11.8 Å². The van der Waals surface area contributed by atoms with Gasteiger partial charge >= 0.3 is 18.0 Å². The van der Waals surface area contributed by atoms with Gasteiger partial charge in [0, 0.05) is 101 Å². The molecule has 0 radical (unpaired) electrons. The van der Waals surface area contributed by atoms with Gasteiger partial charge in [0.25, 0.3) is 10.0 Å². The first kappa shape index (κ1) is 67.8. The number of fused-ring (bicyclic) bond motifs is 2. The zero-order chi connectivity index (χ0) is 63.9. The van der Waals surface area contributed by atoms with Crippen molar-refractivity contribution in [2.75, 3.05) is 71.3 Å². The number of carbonyl (C=O) groups is 7. The van der Waals surface area contributed by atoms with E-state index < -0.39 is 22.1 Å². The number of thioether (sulfide) groups is 1. The van der Waals surface area contributed by atoms with Crippen molar-refractivity contribution in [3.05, 3.63) is 60.3 Å². The Hall–Kier alpha value is -6.03. The highest BCUT2D eigenvalue weighted by Gasteiger charge is 2.56. The Labute approximate surface area is 543 Å². The van der Waals surface area contributed by atoms with Crippen LogP contribution in [0, 0.1) is 41.9 Å². The number of nitrogens with zero attached hydrogens (tertiary/aromatic N) is 4. The number of amides is 8. The number of hydrogen-bond donors (Lipinski definition) is 5. The minimum atomic E-state index is -3.91. The number of piperidine rings is 2. The van der Waals surface area contributed by atoms with Gasteiger partial charge < -0.3 is 50.8 Å². The minimum Gasteiger partial charge on any atom is -0.489 e. The summed E-state index contributed by atoms with van der Waals surface area (Å²) in [6.45, 7) is 8.21. The van der Waals surface area contributed by atoms with Crippen molar-refractivity contribution in [1.82, 2.24) is 45.3 Å². The molecule has 4 atom stereocenters. The van der Waals surface area contributed by atoms with Crippen LogP contribution in [-0.2, 0) is 38.7 Å². The molecule has 0 spiro atoms. The van der Waals surface area contributed by atoms with E-state index >= 15 is 0 Å². The van der Waals surface area contributed by atoms with E-state index in [9.17, 15) is 42.0 Å². The standard InChI is InChI=1S/C69H101N9O11S2/c1-48-21-23-56(24-22-48)91(86,87)78-38-29-57-59(78)15-14-16-60(57)88-46-55(89-49(2)79)45-77(68(85)76-36-27-54(28-37-76)53-25-34-75(35-26-53)66(83)69-42-50-39-51(43-69)41-52(40-50)44-69)33-13-5-12-32-72-63(81)19-7-3-10-30-70-62(80)18-6-4-11-31-71-64(82)20-9-8-17-61-65-58(47-90-61)73-67(84)74-65/h14-16,21-24,29,38,50-55,58,61,65H,3-13,17-20,25-28,30-37,39-47H2,1-2H3,(H,70,80)(H,71,82)(H,72,81)(H2,73,74,84)/t50?,51?,52?,55?,58-,61-,65-,69?/m0/s1. The predicted octanol–water partition coefficient (Wildman–Crippen LogP) is 9.45. The first-order chi connectivity index (χ1) is 44.0. The Morgan fingerprint density at radius 2 is 1.25 bits per heavy atom. The number of aromatic nitrogens is 1.